The van der Waals surface area contributed by atoms with E-state index in [1.54, 1.807) is 12.3 Å². The Bertz CT molecular complexity index is 1160. The Balaban J connectivity index is 1.82. The van der Waals surface area contributed by atoms with Crippen LogP contribution in [0.2, 0.25) is 0 Å². The van der Waals surface area contributed by atoms with Crippen LogP contribution in [-0.2, 0) is 16.6 Å². The molecule has 2 aromatic carbocycles. The molecular weight excluding hydrogens is 436 g/mol. The van der Waals surface area contributed by atoms with Crippen molar-refractivity contribution in [3.05, 3.63) is 59.8 Å². The molecule has 0 fully saturated rings. The molecule has 3 aromatic rings. The number of hydrogen-bond acceptors (Lipinski definition) is 6. The summed E-state index contributed by atoms with van der Waals surface area (Å²) < 4.78 is 52.3. The van der Waals surface area contributed by atoms with E-state index in [0.717, 1.165) is 18.2 Å². The number of fused-ring (bicyclic) bond motifs is 6. The van der Waals surface area contributed by atoms with Crippen LogP contribution in [0, 0.1) is 11.6 Å². The molecule has 6 nitrogen and oxygen atoms in total. The topological polar surface area (TPSA) is 73.3 Å². The molecular formula is C23H23F2N3O3S. The van der Waals surface area contributed by atoms with E-state index < -0.39 is 22.4 Å². The molecule has 0 radical (unpaired) electrons. The van der Waals surface area contributed by atoms with Crippen molar-refractivity contribution in [1.82, 2.24) is 9.97 Å². The zero-order chi connectivity index (χ0) is 22.7. The Labute approximate surface area is 187 Å². The number of benzene rings is 2. The largest absolute Gasteiger partial charge is 0.493 e. The fourth-order valence-corrected chi connectivity index (χ4v) is 4.15. The molecule has 1 N–H and O–H groups in total. The Morgan fingerprint density at radius 3 is 2.84 bits per heavy atom. The average Bonchev–Trinajstić information content (AvgIpc) is 2.73. The van der Waals surface area contributed by atoms with E-state index in [2.05, 4.69) is 15.3 Å². The summed E-state index contributed by atoms with van der Waals surface area (Å²) in [5, 5.41) is 3.07. The number of hydrogen-bond donors (Lipinski definition) is 1. The third-order valence-corrected chi connectivity index (χ3v) is 5.73. The van der Waals surface area contributed by atoms with Gasteiger partial charge in [-0.1, -0.05) is 6.92 Å². The maximum atomic E-state index is 14.6. The second kappa shape index (κ2) is 9.60. The van der Waals surface area contributed by atoms with Gasteiger partial charge < -0.3 is 14.8 Å². The summed E-state index contributed by atoms with van der Waals surface area (Å²) in [5.74, 6) is 0.183. The highest BCUT2D eigenvalue weighted by atomic mass is 32.2. The molecule has 0 saturated heterocycles. The summed E-state index contributed by atoms with van der Waals surface area (Å²) in [6.45, 7) is 2.25. The molecule has 2 unspecified atom stereocenters. The van der Waals surface area contributed by atoms with Crippen LogP contribution in [0.5, 0.6) is 11.5 Å². The number of anilines is 2. The molecule has 9 heteroatoms. The average molecular weight is 460 g/mol. The minimum atomic E-state index is -1.04. The maximum absolute atomic E-state index is 14.6. The van der Waals surface area contributed by atoms with Gasteiger partial charge in [0.2, 0.25) is 5.95 Å². The van der Waals surface area contributed by atoms with Gasteiger partial charge in [-0.05, 0) is 36.2 Å². The first-order valence-electron chi connectivity index (χ1n) is 10.2. The number of aromatic nitrogens is 2. The third kappa shape index (κ3) is 5.21. The molecule has 2 atom stereocenters. The third-order valence-electron chi connectivity index (χ3n) is 4.99. The van der Waals surface area contributed by atoms with Gasteiger partial charge in [0, 0.05) is 52.6 Å². The van der Waals surface area contributed by atoms with E-state index >= 15 is 0 Å². The molecule has 0 spiro atoms. The molecule has 4 rings (SSSR count). The molecule has 2 heterocycles. The molecule has 0 aliphatic carbocycles. The quantitative estimate of drug-likeness (QED) is 0.595. The Morgan fingerprint density at radius 2 is 2.06 bits per heavy atom. The highest BCUT2D eigenvalue weighted by Crippen LogP contribution is 2.33. The molecule has 32 heavy (non-hydrogen) atoms. The fourth-order valence-electron chi connectivity index (χ4n) is 3.51. The smallest absolute Gasteiger partial charge is 0.227 e. The predicted molar refractivity (Wildman–Crippen MR) is 120 cm³/mol. The van der Waals surface area contributed by atoms with Crippen molar-refractivity contribution < 1.29 is 22.5 Å². The lowest BCUT2D eigenvalue weighted by Gasteiger charge is -2.21. The maximum Gasteiger partial charge on any atom is 0.227 e. The van der Waals surface area contributed by atoms with E-state index in [0.29, 0.717) is 29.2 Å². The molecule has 1 aromatic heterocycles. The monoisotopic (exact) mass is 459 g/mol. The van der Waals surface area contributed by atoms with Gasteiger partial charge in [-0.3, -0.25) is 4.21 Å². The van der Waals surface area contributed by atoms with E-state index in [4.69, 9.17) is 9.47 Å². The second-order valence-electron chi connectivity index (χ2n) is 7.52. The first-order chi connectivity index (χ1) is 15.4. The Kier molecular flexibility index (Phi) is 6.64. The van der Waals surface area contributed by atoms with Crippen molar-refractivity contribution in [2.45, 2.75) is 31.6 Å². The fraction of sp³-hybridized carbons (Fsp3) is 0.304. The van der Waals surface area contributed by atoms with Gasteiger partial charge in [-0.25, -0.2) is 18.7 Å². The van der Waals surface area contributed by atoms with Crippen LogP contribution < -0.4 is 14.8 Å². The lowest BCUT2D eigenvalue weighted by Crippen LogP contribution is -2.19. The number of rotatable bonds is 3. The van der Waals surface area contributed by atoms with Crippen molar-refractivity contribution in [2.75, 3.05) is 18.2 Å². The zero-order valence-electron chi connectivity index (χ0n) is 17.7. The summed E-state index contributed by atoms with van der Waals surface area (Å²) in [5.41, 5.74) is 1.79. The Hall–Kier alpha value is -3.07. The van der Waals surface area contributed by atoms with Gasteiger partial charge in [-0.15, -0.1) is 0 Å². The summed E-state index contributed by atoms with van der Waals surface area (Å²) in [6, 6.07) is 9.38. The van der Waals surface area contributed by atoms with Gasteiger partial charge in [0.15, 0.2) is 5.82 Å². The van der Waals surface area contributed by atoms with Crippen molar-refractivity contribution in [1.29, 1.82) is 0 Å². The Morgan fingerprint density at radius 1 is 1.22 bits per heavy atom. The van der Waals surface area contributed by atoms with Crippen molar-refractivity contribution in [3.63, 3.8) is 0 Å². The number of ether oxygens (including phenoxy) is 2. The molecule has 0 amide bonds. The molecule has 1 aliphatic heterocycles. The summed E-state index contributed by atoms with van der Waals surface area (Å²) in [7, 11) is -1.04. The SMILES string of the molecule is CCC1CCOc2cc(F)ccc2-c2nc(ncc2F)Nc2cc(CS(C)=O)cc(c2)O1. The highest BCUT2D eigenvalue weighted by Gasteiger charge is 2.18. The van der Waals surface area contributed by atoms with E-state index in [-0.39, 0.29) is 30.1 Å². The molecule has 168 valence electrons. The lowest BCUT2D eigenvalue weighted by molar-refractivity contribution is 0.158. The van der Waals surface area contributed by atoms with Crippen molar-refractivity contribution in [3.8, 4) is 22.8 Å². The van der Waals surface area contributed by atoms with Crippen LogP contribution in [0.15, 0.2) is 42.6 Å². The van der Waals surface area contributed by atoms with Crippen LogP contribution in [0.4, 0.5) is 20.4 Å². The molecule has 0 saturated carbocycles. The summed E-state index contributed by atoms with van der Waals surface area (Å²) in [4.78, 5) is 8.34. The number of nitrogens with one attached hydrogen (secondary N) is 1. The van der Waals surface area contributed by atoms with Crippen molar-refractivity contribution >= 4 is 22.4 Å². The minimum Gasteiger partial charge on any atom is -0.493 e. The normalized spacial score (nSPS) is 16.6. The summed E-state index contributed by atoms with van der Waals surface area (Å²) in [6.07, 6.45) is 3.79. The molecule has 4 bridgehead atoms. The first-order valence-corrected chi connectivity index (χ1v) is 12.0. The van der Waals surface area contributed by atoms with Crippen molar-refractivity contribution in [2.24, 2.45) is 0 Å². The van der Waals surface area contributed by atoms with Gasteiger partial charge >= 0.3 is 0 Å². The first kappa shape index (κ1) is 22.1. The molecule has 1 aliphatic rings. The van der Waals surface area contributed by atoms with Crippen LogP contribution in [-0.4, -0.2) is 33.1 Å². The predicted octanol–water partition coefficient (Wildman–Crippen LogP) is 4.98. The minimum absolute atomic E-state index is 0.00360. The van der Waals surface area contributed by atoms with Crippen LogP contribution in [0.1, 0.15) is 25.3 Å². The standard InChI is InChI=1S/C23H23F2N3O3S/c1-3-17-6-7-30-21-10-15(24)4-5-19(21)22-20(25)12-26-23(28-22)27-16-8-14(13-32(2)29)9-18(11-16)31-17/h4-5,8-12,17H,3,6-7,13H2,1-2H3,(H,26,27,28). The van der Waals surface area contributed by atoms with Crippen LogP contribution >= 0.6 is 0 Å². The van der Waals surface area contributed by atoms with Gasteiger partial charge in [0.1, 0.15) is 29.1 Å². The van der Waals surface area contributed by atoms with Gasteiger partial charge in [0.25, 0.3) is 0 Å². The van der Waals surface area contributed by atoms with E-state index in [1.165, 1.54) is 18.2 Å². The van der Waals surface area contributed by atoms with E-state index in [1.807, 2.05) is 19.1 Å². The van der Waals surface area contributed by atoms with Gasteiger partial charge in [0.05, 0.1) is 12.8 Å². The van der Waals surface area contributed by atoms with Crippen LogP contribution in [0.3, 0.4) is 0 Å². The number of nitrogens with zero attached hydrogens (tertiary/aromatic N) is 2. The lowest BCUT2D eigenvalue weighted by atomic mass is 10.1. The number of halogens is 2. The van der Waals surface area contributed by atoms with E-state index in [9.17, 15) is 13.0 Å². The summed E-state index contributed by atoms with van der Waals surface area (Å²) >= 11 is 0. The van der Waals surface area contributed by atoms with Gasteiger partial charge in [-0.2, -0.15) is 0 Å². The highest BCUT2D eigenvalue weighted by molar-refractivity contribution is 7.83. The zero-order valence-corrected chi connectivity index (χ0v) is 18.5. The second-order valence-corrected chi connectivity index (χ2v) is 8.96. The van der Waals surface area contributed by atoms with Crippen LogP contribution in [0.25, 0.3) is 11.3 Å².